The van der Waals surface area contributed by atoms with Gasteiger partial charge in [0.25, 0.3) is 0 Å². The Morgan fingerprint density at radius 3 is 1.51 bits per heavy atom. The van der Waals surface area contributed by atoms with E-state index in [1.807, 2.05) is 0 Å². The van der Waals surface area contributed by atoms with Crippen molar-refractivity contribution in [3.05, 3.63) is 72.9 Å². The van der Waals surface area contributed by atoms with Gasteiger partial charge in [-0.25, -0.2) is 4.57 Å². The zero-order chi connectivity index (χ0) is 40.3. The molecule has 0 bridgehead atoms. The summed E-state index contributed by atoms with van der Waals surface area (Å²) in [5, 5.41) is 0. The molecule has 0 radical (unpaired) electrons. The van der Waals surface area contributed by atoms with Crippen molar-refractivity contribution < 1.29 is 37.6 Å². The van der Waals surface area contributed by atoms with E-state index in [4.69, 9.17) is 24.3 Å². The highest BCUT2D eigenvalue weighted by Gasteiger charge is 2.26. The number of carbonyl (C=O) groups is 2. The maximum absolute atomic E-state index is 12.6. The molecule has 3 N–H and O–H groups in total. The number of phosphoric ester groups is 1. The van der Waals surface area contributed by atoms with Crippen LogP contribution in [-0.4, -0.2) is 49.3 Å². The number of allylic oxidation sites excluding steroid dienone is 12. The minimum atomic E-state index is -4.39. The summed E-state index contributed by atoms with van der Waals surface area (Å²) in [6, 6.07) is 0. The Labute approximate surface area is 335 Å². The van der Waals surface area contributed by atoms with E-state index in [0.29, 0.717) is 12.8 Å². The molecule has 0 aliphatic carbocycles. The highest BCUT2D eigenvalue weighted by Crippen LogP contribution is 2.43. The van der Waals surface area contributed by atoms with Gasteiger partial charge in [-0.05, 0) is 83.5 Å². The maximum Gasteiger partial charge on any atom is 0.472 e. The molecule has 2 unspecified atom stereocenters. The molecule has 0 aromatic carbocycles. The zero-order valence-corrected chi connectivity index (χ0v) is 35.5. The van der Waals surface area contributed by atoms with Gasteiger partial charge in [-0.2, -0.15) is 0 Å². The second-order valence-corrected chi connectivity index (χ2v) is 15.3. The van der Waals surface area contributed by atoms with Crippen LogP contribution in [0.3, 0.4) is 0 Å². The lowest BCUT2D eigenvalue weighted by Crippen LogP contribution is -2.29. The van der Waals surface area contributed by atoms with Crippen LogP contribution in [0.2, 0.25) is 0 Å². The van der Waals surface area contributed by atoms with Crippen molar-refractivity contribution in [1.29, 1.82) is 0 Å². The maximum atomic E-state index is 12.6. The average Bonchev–Trinajstić information content (AvgIpc) is 3.17. The average molecular weight is 792 g/mol. The van der Waals surface area contributed by atoms with Crippen LogP contribution in [0.5, 0.6) is 0 Å². The molecular weight excluding hydrogens is 713 g/mol. The first kappa shape index (κ1) is 52.5. The Morgan fingerprint density at radius 1 is 0.564 bits per heavy atom. The summed E-state index contributed by atoms with van der Waals surface area (Å²) in [5.74, 6) is -0.867. The number of phosphoric acid groups is 1. The first-order valence-electron chi connectivity index (χ1n) is 21.4. The van der Waals surface area contributed by atoms with Gasteiger partial charge < -0.3 is 20.1 Å². The zero-order valence-electron chi connectivity index (χ0n) is 34.6. The van der Waals surface area contributed by atoms with Crippen LogP contribution in [0.15, 0.2) is 72.9 Å². The summed E-state index contributed by atoms with van der Waals surface area (Å²) < 4.78 is 32.7. The van der Waals surface area contributed by atoms with Crippen molar-refractivity contribution in [3.63, 3.8) is 0 Å². The van der Waals surface area contributed by atoms with Crippen LogP contribution in [0.4, 0.5) is 0 Å². The van der Waals surface area contributed by atoms with Crippen LogP contribution < -0.4 is 5.73 Å². The van der Waals surface area contributed by atoms with Crippen LogP contribution in [0, 0.1) is 0 Å². The van der Waals surface area contributed by atoms with E-state index in [9.17, 15) is 19.0 Å². The molecule has 9 nitrogen and oxygen atoms in total. The number of hydrogen-bond donors (Lipinski definition) is 2. The minimum Gasteiger partial charge on any atom is -0.462 e. The van der Waals surface area contributed by atoms with Crippen LogP contribution in [0.1, 0.15) is 168 Å². The van der Waals surface area contributed by atoms with Gasteiger partial charge in [0.2, 0.25) is 0 Å². The summed E-state index contributed by atoms with van der Waals surface area (Å²) in [7, 11) is -4.39. The summed E-state index contributed by atoms with van der Waals surface area (Å²) in [5.41, 5.74) is 5.34. The summed E-state index contributed by atoms with van der Waals surface area (Å²) in [6.45, 7) is 3.55. The van der Waals surface area contributed by atoms with E-state index in [2.05, 4.69) is 86.8 Å². The predicted octanol–water partition coefficient (Wildman–Crippen LogP) is 12.3. The monoisotopic (exact) mass is 792 g/mol. The lowest BCUT2D eigenvalue weighted by atomic mass is 10.1. The number of nitrogens with two attached hydrogens (primary N) is 1. The Balaban J connectivity index is 4.22. The van der Waals surface area contributed by atoms with Gasteiger partial charge in [-0.3, -0.25) is 18.6 Å². The molecule has 0 rings (SSSR count). The number of hydrogen-bond acceptors (Lipinski definition) is 8. The van der Waals surface area contributed by atoms with E-state index < -0.39 is 32.5 Å². The number of esters is 2. The molecule has 0 aromatic heterocycles. The highest BCUT2D eigenvalue weighted by atomic mass is 31.2. The molecule has 0 aromatic rings. The van der Waals surface area contributed by atoms with Gasteiger partial charge >= 0.3 is 19.8 Å². The first-order valence-corrected chi connectivity index (χ1v) is 22.9. The van der Waals surface area contributed by atoms with Crippen LogP contribution in [-0.2, 0) is 32.7 Å². The third-order valence-electron chi connectivity index (χ3n) is 8.58. The topological polar surface area (TPSA) is 134 Å². The van der Waals surface area contributed by atoms with E-state index in [0.717, 1.165) is 96.3 Å². The van der Waals surface area contributed by atoms with Crippen molar-refractivity contribution in [2.45, 2.75) is 174 Å². The SMILES string of the molecule is CC/C=C\C/C=C\C/C=C\C/C=C\C/C=C\CCCCCCCC(=O)OC(COC(=O)CCCCCCC/C=C\CCCCCC)COP(=O)(O)OCCN. The molecule has 10 heteroatoms. The van der Waals surface area contributed by atoms with Crippen molar-refractivity contribution in [3.8, 4) is 0 Å². The molecule has 0 amide bonds. The van der Waals surface area contributed by atoms with Gasteiger partial charge in [0.15, 0.2) is 6.10 Å². The van der Waals surface area contributed by atoms with Crippen molar-refractivity contribution >= 4 is 19.8 Å². The normalized spacial score (nSPS) is 14.0. The predicted molar refractivity (Wildman–Crippen MR) is 229 cm³/mol. The minimum absolute atomic E-state index is 0.0452. The largest absolute Gasteiger partial charge is 0.472 e. The molecule has 0 aliphatic heterocycles. The number of unbranched alkanes of at least 4 members (excludes halogenated alkanes) is 14. The fourth-order valence-electron chi connectivity index (χ4n) is 5.42. The molecule has 0 saturated carbocycles. The summed E-state index contributed by atoms with van der Waals surface area (Å²) >= 11 is 0. The number of carbonyl (C=O) groups excluding carboxylic acids is 2. The Hall–Kier alpha value is -2.55. The van der Waals surface area contributed by atoms with E-state index in [1.165, 1.54) is 32.1 Å². The highest BCUT2D eigenvalue weighted by molar-refractivity contribution is 7.47. The molecule has 0 saturated heterocycles. The molecule has 0 heterocycles. The Morgan fingerprint density at radius 2 is 1.00 bits per heavy atom. The van der Waals surface area contributed by atoms with E-state index in [-0.39, 0.29) is 32.6 Å². The Bertz CT molecular complexity index is 1130. The lowest BCUT2D eigenvalue weighted by molar-refractivity contribution is -0.161. The molecule has 0 fully saturated rings. The third kappa shape index (κ3) is 40.9. The molecular formula is C45H78NO8P. The summed E-state index contributed by atoms with van der Waals surface area (Å²) in [6.07, 6.45) is 49.3. The van der Waals surface area contributed by atoms with Gasteiger partial charge in [-0.15, -0.1) is 0 Å². The fourth-order valence-corrected chi connectivity index (χ4v) is 6.18. The van der Waals surface area contributed by atoms with E-state index >= 15 is 0 Å². The second kappa shape index (κ2) is 41.1. The first-order chi connectivity index (χ1) is 26.8. The van der Waals surface area contributed by atoms with Gasteiger partial charge in [0, 0.05) is 19.4 Å². The summed E-state index contributed by atoms with van der Waals surface area (Å²) in [4.78, 5) is 34.8. The van der Waals surface area contributed by atoms with Crippen molar-refractivity contribution in [1.82, 2.24) is 0 Å². The van der Waals surface area contributed by atoms with Gasteiger partial charge in [-0.1, -0.05) is 145 Å². The smallest absolute Gasteiger partial charge is 0.462 e. The molecule has 2 atom stereocenters. The molecule has 0 aliphatic rings. The van der Waals surface area contributed by atoms with Gasteiger partial charge in [0.05, 0.1) is 13.2 Å². The van der Waals surface area contributed by atoms with E-state index in [1.54, 1.807) is 0 Å². The molecule has 316 valence electrons. The number of rotatable bonds is 39. The second-order valence-electron chi connectivity index (χ2n) is 13.8. The fraction of sp³-hybridized carbons (Fsp3) is 0.689. The Kier molecular flexibility index (Phi) is 39.2. The van der Waals surface area contributed by atoms with Crippen molar-refractivity contribution in [2.75, 3.05) is 26.4 Å². The quantitative estimate of drug-likeness (QED) is 0.0270. The number of ether oxygens (including phenoxy) is 2. The molecule has 0 spiro atoms. The van der Waals surface area contributed by atoms with Crippen LogP contribution in [0.25, 0.3) is 0 Å². The van der Waals surface area contributed by atoms with Crippen molar-refractivity contribution in [2.24, 2.45) is 5.73 Å². The standard InChI is InChI=1S/C45H78NO8P/c1-3-5-7-9-11-13-15-17-18-19-20-21-22-23-24-26-28-30-32-34-36-38-45(48)54-43(42-53-55(49,50)52-40-39-46)41-51-44(47)37-35-33-31-29-27-25-16-14-12-10-8-6-4-2/h5,7,11,13-14,16-18,20-21,23-24,43H,3-4,6,8-10,12,15,19,22,25-42,46H2,1-2H3,(H,49,50)/b7-5-,13-11-,16-14-,18-17-,21-20-,24-23-. The van der Waals surface area contributed by atoms with Crippen LogP contribution >= 0.6 is 7.82 Å². The molecule has 55 heavy (non-hydrogen) atoms. The third-order valence-corrected chi connectivity index (χ3v) is 9.56. The van der Waals surface area contributed by atoms with Gasteiger partial charge in [0.1, 0.15) is 6.61 Å². The lowest BCUT2D eigenvalue weighted by Gasteiger charge is -2.19.